The lowest BCUT2D eigenvalue weighted by molar-refractivity contribution is -0.908. The minimum Gasteiger partial charge on any atom is -0.544 e. The number of ether oxygens (including phenoxy) is 3. The third-order valence-corrected chi connectivity index (χ3v) is 3.77. The zero-order valence-corrected chi connectivity index (χ0v) is 13.5. The number of aliphatic carboxylic acids is 1. The number of nitrogens with zero attached hydrogens (tertiary/aromatic N) is 1. The molecule has 0 saturated carbocycles. The summed E-state index contributed by atoms with van der Waals surface area (Å²) in [6, 6.07) is 6.60. The van der Waals surface area contributed by atoms with Crippen LogP contribution in [0.4, 0.5) is 0 Å². The molecule has 7 heteroatoms. The summed E-state index contributed by atoms with van der Waals surface area (Å²) in [6.07, 6.45) is 1.24. The second-order valence-electron chi connectivity index (χ2n) is 5.32. The Hall–Kier alpha value is -2.56. The van der Waals surface area contributed by atoms with E-state index in [1.54, 1.807) is 24.3 Å². The molecular formula is C17H20N2O5. The van der Waals surface area contributed by atoms with Gasteiger partial charge in [-0.2, -0.15) is 5.26 Å². The van der Waals surface area contributed by atoms with Gasteiger partial charge in [0.1, 0.15) is 43.8 Å². The molecule has 0 radical (unpaired) electrons. The first-order valence-electron chi connectivity index (χ1n) is 7.69. The zero-order valence-electron chi connectivity index (χ0n) is 13.5. The van der Waals surface area contributed by atoms with Crippen LogP contribution in [0.15, 0.2) is 23.8 Å². The van der Waals surface area contributed by atoms with Gasteiger partial charge >= 0.3 is 0 Å². The number of rotatable bonds is 7. The minimum atomic E-state index is -1.52. The summed E-state index contributed by atoms with van der Waals surface area (Å²) in [5.41, 5.74) is 0.0392. The van der Waals surface area contributed by atoms with Crippen LogP contribution in [0.25, 0.3) is 6.08 Å². The fourth-order valence-corrected chi connectivity index (χ4v) is 2.39. The Morgan fingerprint density at radius 2 is 2.21 bits per heavy atom. The molecule has 0 aromatic heterocycles. The monoisotopic (exact) mass is 332 g/mol. The number of morpholine rings is 1. The summed E-state index contributed by atoms with van der Waals surface area (Å²) in [4.78, 5) is 12.3. The average molecular weight is 332 g/mol. The first-order valence-corrected chi connectivity index (χ1v) is 7.69. The molecule has 0 atom stereocenters. The fraction of sp³-hybridized carbons (Fsp3) is 0.412. The number of quaternary nitrogens is 1. The van der Waals surface area contributed by atoms with Crippen LogP contribution in [-0.2, 0) is 9.53 Å². The molecule has 1 saturated heterocycles. The van der Waals surface area contributed by atoms with Gasteiger partial charge in [0.2, 0.25) is 0 Å². The third-order valence-electron chi connectivity index (χ3n) is 3.77. The van der Waals surface area contributed by atoms with Crippen LogP contribution in [0.5, 0.6) is 11.5 Å². The second kappa shape index (κ2) is 8.91. The van der Waals surface area contributed by atoms with Gasteiger partial charge in [0.05, 0.1) is 31.9 Å². The largest absolute Gasteiger partial charge is 0.544 e. The molecule has 1 fully saturated rings. The SMILES string of the molecule is COc1ccc(/C=C(\C#N)C(=O)[O-])c(OCC[NH+]2CCOCC2)c1. The summed E-state index contributed by atoms with van der Waals surface area (Å²) in [5, 5.41) is 19.8. The highest BCUT2D eigenvalue weighted by molar-refractivity contribution is 5.95. The molecule has 2 rings (SSSR count). The number of methoxy groups -OCH3 is 1. The number of benzene rings is 1. The van der Waals surface area contributed by atoms with Crippen molar-refractivity contribution in [3.8, 4) is 17.6 Å². The number of hydrogen-bond acceptors (Lipinski definition) is 6. The third kappa shape index (κ3) is 4.98. The van der Waals surface area contributed by atoms with Crippen molar-refractivity contribution in [3.63, 3.8) is 0 Å². The highest BCUT2D eigenvalue weighted by Crippen LogP contribution is 2.26. The van der Waals surface area contributed by atoms with Crippen molar-refractivity contribution in [3.05, 3.63) is 29.3 Å². The zero-order chi connectivity index (χ0) is 17.4. The molecular weight excluding hydrogens is 312 g/mol. The predicted octanol–water partition coefficient (Wildman–Crippen LogP) is -1.35. The number of carboxylic acid groups (broad SMARTS) is 1. The maximum atomic E-state index is 10.9. The Morgan fingerprint density at radius 3 is 2.83 bits per heavy atom. The summed E-state index contributed by atoms with van der Waals surface area (Å²) < 4.78 is 16.3. The predicted molar refractivity (Wildman–Crippen MR) is 83.5 cm³/mol. The molecule has 24 heavy (non-hydrogen) atoms. The Bertz CT molecular complexity index is 645. The van der Waals surface area contributed by atoms with E-state index in [-0.39, 0.29) is 0 Å². The van der Waals surface area contributed by atoms with Gasteiger partial charge in [0.15, 0.2) is 0 Å². The molecule has 128 valence electrons. The van der Waals surface area contributed by atoms with E-state index in [2.05, 4.69) is 0 Å². The van der Waals surface area contributed by atoms with Gasteiger partial charge in [0, 0.05) is 11.6 Å². The highest BCUT2D eigenvalue weighted by Gasteiger charge is 2.14. The Morgan fingerprint density at radius 1 is 1.46 bits per heavy atom. The fourth-order valence-electron chi connectivity index (χ4n) is 2.39. The molecule has 1 aliphatic rings. The van der Waals surface area contributed by atoms with Crippen molar-refractivity contribution in [2.75, 3.05) is 46.6 Å². The number of carbonyl (C=O) groups excluding carboxylic acids is 1. The number of nitriles is 1. The van der Waals surface area contributed by atoms with E-state index in [1.807, 2.05) is 0 Å². The van der Waals surface area contributed by atoms with Crippen molar-refractivity contribution >= 4 is 12.0 Å². The van der Waals surface area contributed by atoms with E-state index in [9.17, 15) is 9.90 Å². The van der Waals surface area contributed by atoms with Crippen LogP contribution in [0.2, 0.25) is 0 Å². The molecule has 1 aromatic carbocycles. The Kier molecular flexibility index (Phi) is 6.61. The second-order valence-corrected chi connectivity index (χ2v) is 5.32. The van der Waals surface area contributed by atoms with E-state index in [4.69, 9.17) is 19.5 Å². The van der Waals surface area contributed by atoms with Crippen LogP contribution in [0, 0.1) is 11.3 Å². The van der Waals surface area contributed by atoms with E-state index in [0.29, 0.717) is 23.7 Å². The van der Waals surface area contributed by atoms with Gasteiger partial charge in [0.25, 0.3) is 0 Å². The van der Waals surface area contributed by atoms with E-state index < -0.39 is 11.5 Å². The summed E-state index contributed by atoms with van der Waals surface area (Å²) in [7, 11) is 1.54. The molecule has 0 unspecified atom stereocenters. The first-order chi connectivity index (χ1) is 11.6. The lowest BCUT2D eigenvalue weighted by Gasteiger charge is -2.23. The molecule has 1 N–H and O–H groups in total. The van der Waals surface area contributed by atoms with Gasteiger partial charge in [-0.3, -0.25) is 0 Å². The molecule has 1 aromatic rings. The van der Waals surface area contributed by atoms with E-state index >= 15 is 0 Å². The van der Waals surface area contributed by atoms with Gasteiger partial charge in [-0.1, -0.05) is 0 Å². The Labute approximate surface area is 140 Å². The molecule has 1 heterocycles. The standard InChI is InChI=1S/C17H20N2O5/c1-22-15-3-2-13(10-14(12-18)17(20)21)16(11-15)24-9-6-19-4-7-23-8-5-19/h2-3,10-11H,4-9H2,1H3,(H,20,21)/b14-10+. The molecule has 1 aliphatic heterocycles. The highest BCUT2D eigenvalue weighted by atomic mass is 16.5. The summed E-state index contributed by atoms with van der Waals surface area (Å²) >= 11 is 0. The van der Waals surface area contributed by atoms with Crippen LogP contribution >= 0.6 is 0 Å². The van der Waals surface area contributed by atoms with Crippen molar-refractivity contribution in [2.24, 2.45) is 0 Å². The minimum absolute atomic E-state index is 0.455. The molecule has 0 spiro atoms. The molecule has 0 aliphatic carbocycles. The molecule has 0 bridgehead atoms. The van der Waals surface area contributed by atoms with Gasteiger partial charge in [-0.15, -0.1) is 0 Å². The first kappa shape index (κ1) is 17.8. The van der Waals surface area contributed by atoms with Crippen LogP contribution in [-0.4, -0.2) is 52.5 Å². The molecule has 0 amide bonds. The van der Waals surface area contributed by atoms with Crippen molar-refractivity contribution in [1.82, 2.24) is 0 Å². The van der Waals surface area contributed by atoms with Crippen LogP contribution in [0.3, 0.4) is 0 Å². The topological polar surface area (TPSA) is 96.0 Å². The smallest absolute Gasteiger partial charge is 0.137 e. The van der Waals surface area contributed by atoms with Crippen molar-refractivity contribution in [1.29, 1.82) is 5.26 Å². The van der Waals surface area contributed by atoms with Gasteiger partial charge < -0.3 is 29.0 Å². The number of carboxylic acids is 1. The summed E-state index contributed by atoms with van der Waals surface area (Å²) in [6.45, 7) is 4.67. The van der Waals surface area contributed by atoms with Crippen molar-refractivity contribution < 1.29 is 29.0 Å². The van der Waals surface area contributed by atoms with Gasteiger partial charge in [-0.05, 0) is 18.2 Å². The Balaban J connectivity index is 2.10. The molecule has 7 nitrogen and oxygen atoms in total. The quantitative estimate of drug-likeness (QED) is 0.490. The number of hydrogen-bond donors (Lipinski definition) is 1. The normalized spacial score (nSPS) is 15.6. The summed E-state index contributed by atoms with van der Waals surface area (Å²) in [5.74, 6) is -0.458. The lowest BCUT2D eigenvalue weighted by Crippen LogP contribution is -3.14. The maximum Gasteiger partial charge on any atom is 0.137 e. The number of nitrogens with one attached hydrogen (secondary N) is 1. The lowest BCUT2D eigenvalue weighted by atomic mass is 10.1. The van der Waals surface area contributed by atoms with E-state index in [1.165, 1.54) is 18.1 Å². The average Bonchev–Trinajstić information content (AvgIpc) is 2.61. The van der Waals surface area contributed by atoms with Crippen LogP contribution < -0.4 is 19.5 Å². The van der Waals surface area contributed by atoms with Gasteiger partial charge in [-0.25, -0.2) is 0 Å². The maximum absolute atomic E-state index is 10.9. The van der Waals surface area contributed by atoms with Crippen molar-refractivity contribution in [2.45, 2.75) is 0 Å². The number of carbonyl (C=O) groups is 1. The van der Waals surface area contributed by atoms with Crippen LogP contribution in [0.1, 0.15) is 5.56 Å². The van der Waals surface area contributed by atoms with E-state index in [0.717, 1.165) is 32.8 Å².